The van der Waals surface area contributed by atoms with Crippen LogP contribution in [-0.2, 0) is 40.8 Å². The molecule has 3 aromatic heterocycles. The summed E-state index contributed by atoms with van der Waals surface area (Å²) in [5, 5.41) is 10.8. The number of halogens is 7. The average molecular weight is 877 g/mol. The van der Waals surface area contributed by atoms with Crippen molar-refractivity contribution in [1.29, 1.82) is 0 Å². The molecule has 0 radical (unpaired) electrons. The van der Waals surface area contributed by atoms with Gasteiger partial charge in [-0.1, -0.05) is 25.4 Å². The Balaban J connectivity index is 1.33. The zero-order chi connectivity index (χ0) is 43.2. The molecule has 0 aliphatic heterocycles. The molecule has 1 fully saturated rings. The summed E-state index contributed by atoms with van der Waals surface area (Å²) in [7, 11) is -2.44. The highest BCUT2D eigenvalue weighted by Crippen LogP contribution is 2.68. The van der Waals surface area contributed by atoms with E-state index in [1.54, 1.807) is 6.07 Å². The summed E-state index contributed by atoms with van der Waals surface area (Å²) in [5.41, 5.74) is -2.47. The Labute approximate surface area is 342 Å². The smallest absolute Gasteiger partial charge is 0.293 e. The molecule has 6 aromatic rings. The van der Waals surface area contributed by atoms with Crippen molar-refractivity contribution in [3.05, 3.63) is 104 Å². The Hall–Kier alpha value is -5.63. The summed E-state index contributed by atoms with van der Waals surface area (Å²) >= 11 is 6.60. The van der Waals surface area contributed by atoms with Crippen LogP contribution in [0.15, 0.2) is 53.3 Å². The standard InChI is InChI=1S/C39H35ClF6N8O5S/c1-17(2)16-59-21-5-6-22-26(13-21)48-37(54(38(22)56)28-8-7-25(40)31-33(28)52(3)50-36(31)51-60(4,57)58)27(11-18-9-19(41)12-20(42)10-18)47-29(55)15-53-34-30(32(49-53)35(43)44)23-14-24(23)39(34,45)46/h5-10,12-13,17,23-24,27,35H,11,14-16H2,1-4H3,(H,47,55)(H,50,51)/t23?,24?,27-/m0/s1. The molecule has 3 aromatic carbocycles. The van der Waals surface area contributed by atoms with Crippen LogP contribution in [0.2, 0.25) is 5.02 Å². The van der Waals surface area contributed by atoms with Gasteiger partial charge in [-0.05, 0) is 60.2 Å². The monoisotopic (exact) mass is 876 g/mol. The van der Waals surface area contributed by atoms with Gasteiger partial charge in [-0.2, -0.15) is 19.0 Å². The van der Waals surface area contributed by atoms with E-state index in [1.807, 2.05) is 13.8 Å². The second kappa shape index (κ2) is 14.8. The van der Waals surface area contributed by atoms with Crippen LogP contribution in [0.5, 0.6) is 5.75 Å². The molecule has 2 unspecified atom stereocenters. The number of alkyl halides is 4. The Morgan fingerprint density at radius 3 is 2.45 bits per heavy atom. The van der Waals surface area contributed by atoms with Gasteiger partial charge in [-0.3, -0.25) is 28.2 Å². The number of ether oxygens (including phenoxy) is 1. The van der Waals surface area contributed by atoms with Crippen molar-refractivity contribution in [2.45, 2.75) is 57.5 Å². The number of amides is 1. The summed E-state index contributed by atoms with van der Waals surface area (Å²) < 4.78 is 124. The fourth-order valence-corrected chi connectivity index (χ4v) is 8.65. The molecule has 1 saturated carbocycles. The predicted octanol–water partition coefficient (Wildman–Crippen LogP) is 7.05. The molecule has 60 heavy (non-hydrogen) atoms. The third-order valence-electron chi connectivity index (χ3n) is 10.4. The quantitative estimate of drug-likeness (QED) is 0.117. The number of sulfonamides is 1. The van der Waals surface area contributed by atoms with Gasteiger partial charge in [-0.15, -0.1) is 0 Å². The van der Waals surface area contributed by atoms with E-state index in [2.05, 4.69) is 20.2 Å². The van der Waals surface area contributed by atoms with Gasteiger partial charge in [-0.25, -0.2) is 31.0 Å². The summed E-state index contributed by atoms with van der Waals surface area (Å²) in [5.74, 6) is -8.53. The Bertz CT molecular complexity index is 2900. The Morgan fingerprint density at radius 2 is 1.78 bits per heavy atom. The average Bonchev–Trinajstić information content (AvgIpc) is 3.69. The van der Waals surface area contributed by atoms with Gasteiger partial charge in [0.05, 0.1) is 51.4 Å². The molecule has 1 amide bonds. The first kappa shape index (κ1) is 41.1. The third-order valence-corrected chi connectivity index (χ3v) is 11.2. The van der Waals surface area contributed by atoms with Crippen LogP contribution in [0, 0.1) is 23.5 Å². The molecule has 316 valence electrons. The van der Waals surface area contributed by atoms with Crippen molar-refractivity contribution in [3.63, 3.8) is 0 Å². The number of nitrogens with one attached hydrogen (secondary N) is 2. The van der Waals surface area contributed by atoms with Crippen LogP contribution < -0.4 is 20.3 Å². The first-order valence-electron chi connectivity index (χ1n) is 18.6. The van der Waals surface area contributed by atoms with Gasteiger partial charge in [0.2, 0.25) is 15.9 Å². The van der Waals surface area contributed by atoms with Crippen molar-refractivity contribution >= 4 is 55.2 Å². The molecule has 0 saturated heterocycles. The number of carbonyl (C=O) groups excluding carboxylic acids is 1. The van der Waals surface area contributed by atoms with Crippen molar-refractivity contribution in [2.75, 3.05) is 17.6 Å². The highest BCUT2D eigenvalue weighted by atomic mass is 35.5. The highest BCUT2D eigenvalue weighted by Gasteiger charge is 2.67. The first-order valence-corrected chi connectivity index (χ1v) is 20.8. The van der Waals surface area contributed by atoms with E-state index in [-0.39, 0.29) is 67.6 Å². The molecule has 0 bridgehead atoms. The minimum absolute atomic E-state index is 0.000291. The van der Waals surface area contributed by atoms with Crippen molar-refractivity contribution < 1.29 is 44.3 Å². The third kappa shape index (κ3) is 7.43. The number of carbonyl (C=O) groups is 1. The van der Waals surface area contributed by atoms with E-state index in [0.29, 0.717) is 23.1 Å². The summed E-state index contributed by atoms with van der Waals surface area (Å²) in [4.78, 5) is 33.7. The van der Waals surface area contributed by atoms with Crippen LogP contribution in [0.3, 0.4) is 0 Å². The number of rotatable bonds is 13. The van der Waals surface area contributed by atoms with Crippen molar-refractivity contribution in [1.82, 2.24) is 34.4 Å². The van der Waals surface area contributed by atoms with Crippen LogP contribution in [-0.4, -0.2) is 56.3 Å². The second-order valence-corrected chi connectivity index (χ2v) is 17.6. The molecular formula is C39H35ClF6N8O5S. The molecular weight excluding hydrogens is 842 g/mol. The Kier molecular flexibility index (Phi) is 10.2. The van der Waals surface area contributed by atoms with Gasteiger partial charge in [0.1, 0.15) is 41.1 Å². The minimum Gasteiger partial charge on any atom is -0.493 e. The maximum absolute atomic E-state index is 15.5. The summed E-state index contributed by atoms with van der Waals surface area (Å²) in [6.45, 7) is 3.18. The largest absolute Gasteiger partial charge is 0.493 e. The van der Waals surface area contributed by atoms with E-state index >= 15 is 8.78 Å². The zero-order valence-corrected chi connectivity index (χ0v) is 33.7. The number of aryl methyl sites for hydroxylation is 1. The maximum atomic E-state index is 15.5. The van der Waals surface area contributed by atoms with Crippen molar-refractivity contribution in [2.24, 2.45) is 18.9 Å². The maximum Gasteiger partial charge on any atom is 0.293 e. The topological polar surface area (TPSA) is 155 Å². The number of aromatic nitrogens is 6. The Morgan fingerprint density at radius 1 is 1.07 bits per heavy atom. The highest BCUT2D eigenvalue weighted by molar-refractivity contribution is 7.92. The SMILES string of the molecule is CC(C)COc1ccc2c(=O)n(-c3ccc(Cl)c4c(NS(C)(=O)=O)nn(C)c34)c([C@H](Cc3cc(F)cc(F)c3)NC(=O)Cn3nc(C(F)F)c4c3C(F)(F)C3CC43)nc2c1. The van der Waals surface area contributed by atoms with Gasteiger partial charge < -0.3 is 10.1 Å². The lowest BCUT2D eigenvalue weighted by Gasteiger charge is -2.24. The zero-order valence-electron chi connectivity index (χ0n) is 32.1. The van der Waals surface area contributed by atoms with Gasteiger partial charge >= 0.3 is 0 Å². The molecule has 13 nitrogen and oxygen atoms in total. The fourth-order valence-electron chi connectivity index (χ4n) is 7.91. The molecule has 0 spiro atoms. The number of hydrogen-bond acceptors (Lipinski definition) is 8. The number of anilines is 1. The van der Waals surface area contributed by atoms with Crippen LogP contribution in [0.4, 0.5) is 32.2 Å². The lowest BCUT2D eigenvalue weighted by Crippen LogP contribution is -2.38. The van der Waals surface area contributed by atoms with Crippen LogP contribution in [0.1, 0.15) is 67.0 Å². The van der Waals surface area contributed by atoms with Crippen molar-refractivity contribution in [3.8, 4) is 11.4 Å². The van der Waals surface area contributed by atoms with Crippen LogP contribution >= 0.6 is 11.6 Å². The summed E-state index contributed by atoms with van der Waals surface area (Å²) in [6.07, 6.45) is -2.75. The lowest BCUT2D eigenvalue weighted by atomic mass is 10.0. The predicted molar refractivity (Wildman–Crippen MR) is 208 cm³/mol. The number of hydrogen-bond donors (Lipinski definition) is 2. The number of nitrogens with zero attached hydrogens (tertiary/aromatic N) is 6. The van der Waals surface area contributed by atoms with E-state index in [0.717, 1.165) is 23.0 Å². The van der Waals surface area contributed by atoms with E-state index in [4.69, 9.17) is 21.3 Å². The minimum atomic E-state index is -3.90. The van der Waals surface area contributed by atoms with Gasteiger partial charge in [0.25, 0.3) is 17.9 Å². The van der Waals surface area contributed by atoms with E-state index < -0.39 is 87.7 Å². The molecule has 3 atom stereocenters. The molecule has 21 heteroatoms. The first-order chi connectivity index (χ1) is 28.2. The molecule has 2 aliphatic carbocycles. The summed E-state index contributed by atoms with van der Waals surface area (Å²) in [6, 6.07) is 8.38. The lowest BCUT2D eigenvalue weighted by molar-refractivity contribution is -0.123. The second-order valence-electron chi connectivity index (χ2n) is 15.4. The number of benzene rings is 3. The molecule has 3 heterocycles. The normalized spacial score (nSPS) is 17.4. The number of fused-ring (bicyclic) bond motifs is 5. The fraction of sp³-hybridized carbons (Fsp3) is 0.359. The van der Waals surface area contributed by atoms with E-state index in [9.17, 15) is 35.6 Å². The molecule has 8 rings (SSSR count). The van der Waals surface area contributed by atoms with Crippen LogP contribution in [0.25, 0.3) is 27.5 Å². The molecule has 2 aliphatic rings. The van der Waals surface area contributed by atoms with Gasteiger partial charge in [0.15, 0.2) is 5.82 Å². The van der Waals surface area contributed by atoms with E-state index in [1.165, 1.54) is 36.0 Å². The van der Waals surface area contributed by atoms with Gasteiger partial charge in [0, 0.05) is 37.1 Å². The molecule has 2 N–H and O–H groups in total.